The van der Waals surface area contributed by atoms with E-state index in [2.05, 4.69) is 5.32 Å². The first kappa shape index (κ1) is 13.7. The minimum Gasteiger partial charge on any atom is -0.399 e. The molecular weight excluding hydrogens is 276 g/mol. The van der Waals surface area contributed by atoms with Crippen molar-refractivity contribution < 1.29 is 4.79 Å². The number of amides is 1. The zero-order valence-corrected chi connectivity index (χ0v) is 11.1. The van der Waals surface area contributed by atoms with Crippen molar-refractivity contribution in [2.24, 2.45) is 5.73 Å². The lowest BCUT2D eigenvalue weighted by Gasteiger charge is -2.12. The van der Waals surface area contributed by atoms with E-state index in [0.717, 1.165) is 0 Å². The van der Waals surface area contributed by atoms with Gasteiger partial charge in [-0.15, -0.1) is 0 Å². The van der Waals surface area contributed by atoms with Gasteiger partial charge in [0.15, 0.2) is 0 Å². The first-order chi connectivity index (χ1) is 9.51. The molecule has 5 nitrogen and oxygen atoms in total. The van der Waals surface area contributed by atoms with Gasteiger partial charge in [0.05, 0.1) is 33.6 Å². The van der Waals surface area contributed by atoms with Crippen LogP contribution >= 0.6 is 11.6 Å². The molecular formula is C14H11ClN4O. The topological polar surface area (TPSA) is 105 Å². The first-order valence-corrected chi connectivity index (χ1v) is 6.05. The van der Waals surface area contributed by atoms with Crippen LogP contribution in [0, 0.1) is 11.3 Å². The van der Waals surface area contributed by atoms with E-state index in [1.165, 1.54) is 6.07 Å². The van der Waals surface area contributed by atoms with Crippen LogP contribution in [-0.4, -0.2) is 5.91 Å². The van der Waals surface area contributed by atoms with Crippen LogP contribution in [0.1, 0.15) is 15.9 Å². The molecule has 1 amide bonds. The molecule has 5 N–H and O–H groups in total. The van der Waals surface area contributed by atoms with Gasteiger partial charge in [0.1, 0.15) is 0 Å². The van der Waals surface area contributed by atoms with Crippen LogP contribution in [0.15, 0.2) is 36.4 Å². The minimum absolute atomic E-state index is 0.253. The molecule has 0 unspecified atom stereocenters. The van der Waals surface area contributed by atoms with Gasteiger partial charge in [-0.3, -0.25) is 4.79 Å². The third kappa shape index (κ3) is 2.82. The summed E-state index contributed by atoms with van der Waals surface area (Å²) in [5.74, 6) is -0.604. The third-order valence-electron chi connectivity index (χ3n) is 2.67. The van der Waals surface area contributed by atoms with Crippen molar-refractivity contribution in [1.82, 2.24) is 0 Å². The van der Waals surface area contributed by atoms with Gasteiger partial charge in [0.2, 0.25) is 0 Å². The van der Waals surface area contributed by atoms with Crippen molar-refractivity contribution in [3.05, 3.63) is 52.5 Å². The predicted octanol–water partition coefficient (Wildman–Crippen LogP) is 2.64. The zero-order chi connectivity index (χ0) is 14.7. The largest absolute Gasteiger partial charge is 0.399 e. The molecule has 0 saturated carbocycles. The number of rotatable bonds is 3. The Hall–Kier alpha value is -2.71. The molecule has 0 bridgehead atoms. The van der Waals surface area contributed by atoms with Gasteiger partial charge in [0.25, 0.3) is 5.91 Å². The van der Waals surface area contributed by atoms with Crippen LogP contribution < -0.4 is 16.8 Å². The Labute approximate surface area is 120 Å². The fraction of sp³-hybridized carbons (Fsp3) is 0. The second-order valence-corrected chi connectivity index (χ2v) is 4.51. The highest BCUT2D eigenvalue weighted by molar-refractivity contribution is 6.33. The smallest absolute Gasteiger partial charge is 0.250 e. The molecule has 6 heteroatoms. The Morgan fingerprint density at radius 2 is 1.95 bits per heavy atom. The van der Waals surface area contributed by atoms with Crippen LogP contribution in [0.3, 0.4) is 0 Å². The molecule has 0 heterocycles. The average molecular weight is 287 g/mol. The van der Waals surface area contributed by atoms with Crippen molar-refractivity contribution in [3.8, 4) is 6.07 Å². The lowest BCUT2D eigenvalue weighted by molar-refractivity contribution is 0.100. The number of nitrogens with zero attached hydrogens (tertiary/aromatic N) is 1. The van der Waals surface area contributed by atoms with Gasteiger partial charge in [-0.25, -0.2) is 0 Å². The van der Waals surface area contributed by atoms with Crippen LogP contribution in [0.4, 0.5) is 17.1 Å². The van der Waals surface area contributed by atoms with E-state index in [9.17, 15) is 4.79 Å². The maximum Gasteiger partial charge on any atom is 0.250 e. The summed E-state index contributed by atoms with van der Waals surface area (Å²) in [6.07, 6.45) is 0. The van der Waals surface area contributed by atoms with E-state index in [4.69, 9.17) is 28.3 Å². The summed E-state index contributed by atoms with van der Waals surface area (Å²) < 4.78 is 0. The summed E-state index contributed by atoms with van der Waals surface area (Å²) in [6, 6.07) is 11.6. The second-order valence-electron chi connectivity index (χ2n) is 4.10. The number of nitrogen functional groups attached to an aromatic ring is 1. The molecule has 0 atom stereocenters. The van der Waals surface area contributed by atoms with Gasteiger partial charge < -0.3 is 16.8 Å². The van der Waals surface area contributed by atoms with E-state index >= 15 is 0 Å². The first-order valence-electron chi connectivity index (χ1n) is 5.67. The predicted molar refractivity (Wildman–Crippen MR) is 78.8 cm³/mol. The second kappa shape index (κ2) is 5.51. The number of hydrogen-bond donors (Lipinski definition) is 3. The number of nitrogens with two attached hydrogens (primary N) is 2. The SMILES string of the molecule is N#Cc1ccc(Cl)c(Nc2ccc(N)cc2C(N)=O)c1. The lowest BCUT2D eigenvalue weighted by atomic mass is 10.1. The van der Waals surface area contributed by atoms with Crippen molar-refractivity contribution in [3.63, 3.8) is 0 Å². The average Bonchev–Trinajstić information content (AvgIpc) is 2.42. The molecule has 0 spiro atoms. The van der Waals surface area contributed by atoms with E-state index in [0.29, 0.717) is 27.6 Å². The van der Waals surface area contributed by atoms with Gasteiger partial charge in [-0.2, -0.15) is 5.26 Å². The molecule has 0 radical (unpaired) electrons. The Morgan fingerprint density at radius 3 is 2.60 bits per heavy atom. The van der Waals surface area contributed by atoms with E-state index in [-0.39, 0.29) is 5.56 Å². The standard InChI is InChI=1S/C14H11ClN4O/c15-11-3-1-8(7-16)5-13(11)19-12-4-2-9(17)6-10(12)14(18)20/h1-6,19H,17H2,(H2,18,20). The highest BCUT2D eigenvalue weighted by Gasteiger charge is 2.10. The van der Waals surface area contributed by atoms with Crippen molar-refractivity contribution in [2.75, 3.05) is 11.1 Å². The van der Waals surface area contributed by atoms with E-state index in [1.54, 1.807) is 30.3 Å². The fourth-order valence-electron chi connectivity index (χ4n) is 1.71. The molecule has 100 valence electrons. The number of carbonyl (C=O) groups excluding carboxylic acids is 1. The van der Waals surface area contributed by atoms with E-state index < -0.39 is 5.91 Å². The highest BCUT2D eigenvalue weighted by atomic mass is 35.5. The molecule has 0 fully saturated rings. The summed E-state index contributed by atoms with van der Waals surface area (Å²) in [5.41, 5.74) is 13.1. The number of hydrogen-bond acceptors (Lipinski definition) is 4. The number of primary amides is 1. The molecule has 2 rings (SSSR count). The Kier molecular flexibility index (Phi) is 3.78. The quantitative estimate of drug-likeness (QED) is 0.754. The van der Waals surface area contributed by atoms with Gasteiger partial charge in [0, 0.05) is 5.69 Å². The molecule has 0 aliphatic rings. The summed E-state index contributed by atoms with van der Waals surface area (Å²) in [7, 11) is 0. The van der Waals surface area contributed by atoms with Crippen LogP contribution in [0.2, 0.25) is 5.02 Å². The number of carbonyl (C=O) groups is 1. The van der Waals surface area contributed by atoms with Crippen LogP contribution in [0.25, 0.3) is 0 Å². The highest BCUT2D eigenvalue weighted by Crippen LogP contribution is 2.29. The van der Waals surface area contributed by atoms with Gasteiger partial charge in [-0.05, 0) is 36.4 Å². The number of nitrogens with one attached hydrogen (secondary N) is 1. The minimum atomic E-state index is -0.604. The fourth-order valence-corrected chi connectivity index (χ4v) is 1.88. The zero-order valence-electron chi connectivity index (χ0n) is 10.4. The molecule has 0 saturated heterocycles. The van der Waals surface area contributed by atoms with Crippen LogP contribution in [-0.2, 0) is 0 Å². The number of halogens is 1. The summed E-state index contributed by atoms with van der Waals surface area (Å²) in [4.78, 5) is 11.4. The molecule has 0 aliphatic heterocycles. The number of benzene rings is 2. The maximum absolute atomic E-state index is 11.4. The van der Waals surface area contributed by atoms with Gasteiger partial charge >= 0.3 is 0 Å². The van der Waals surface area contributed by atoms with Crippen molar-refractivity contribution in [2.45, 2.75) is 0 Å². The Balaban J connectivity index is 2.45. The molecule has 20 heavy (non-hydrogen) atoms. The maximum atomic E-state index is 11.4. The normalized spacial score (nSPS) is 9.80. The van der Waals surface area contributed by atoms with Crippen LogP contribution in [0.5, 0.6) is 0 Å². The van der Waals surface area contributed by atoms with Crippen molar-refractivity contribution >= 4 is 34.6 Å². The number of anilines is 3. The lowest BCUT2D eigenvalue weighted by Crippen LogP contribution is -2.13. The Bertz CT molecular complexity index is 722. The third-order valence-corrected chi connectivity index (χ3v) is 3.00. The van der Waals surface area contributed by atoms with Crippen molar-refractivity contribution in [1.29, 1.82) is 5.26 Å². The van der Waals surface area contributed by atoms with E-state index in [1.807, 2.05) is 6.07 Å². The molecule has 2 aromatic rings. The number of nitriles is 1. The summed E-state index contributed by atoms with van der Waals surface area (Å²) in [6.45, 7) is 0. The molecule has 0 aliphatic carbocycles. The summed E-state index contributed by atoms with van der Waals surface area (Å²) in [5, 5.41) is 12.3. The monoisotopic (exact) mass is 286 g/mol. The molecule has 2 aromatic carbocycles. The Morgan fingerprint density at radius 1 is 1.20 bits per heavy atom. The van der Waals surface area contributed by atoms with Gasteiger partial charge in [-0.1, -0.05) is 11.6 Å². The summed E-state index contributed by atoms with van der Waals surface area (Å²) >= 11 is 6.05. The molecule has 0 aromatic heterocycles.